The molecule has 0 amide bonds. The number of imidazole rings is 1. The van der Waals surface area contributed by atoms with Gasteiger partial charge in [-0.15, -0.1) is 0 Å². The van der Waals surface area contributed by atoms with Crippen LogP contribution in [0.4, 0.5) is 0 Å². The number of nitrogens with zero attached hydrogens (tertiary/aromatic N) is 3. The Kier molecular flexibility index (Phi) is 3.53. The summed E-state index contributed by atoms with van der Waals surface area (Å²) in [6, 6.07) is 8.26. The summed E-state index contributed by atoms with van der Waals surface area (Å²) in [5, 5.41) is 8.77. The molecule has 0 saturated heterocycles. The highest BCUT2D eigenvalue weighted by atomic mass is 16.1. The molecule has 1 aromatic heterocycles. The minimum Gasteiger partial charge on any atom is -0.332 e. The van der Waals surface area contributed by atoms with E-state index in [1.54, 1.807) is 36.0 Å². The van der Waals surface area contributed by atoms with E-state index in [2.05, 4.69) is 4.98 Å². The van der Waals surface area contributed by atoms with Gasteiger partial charge in [-0.05, 0) is 12.1 Å². The highest BCUT2D eigenvalue weighted by molar-refractivity contribution is 6.12. The number of carbonyl (C=O) groups excluding carboxylic acids is 2. The van der Waals surface area contributed by atoms with E-state index in [1.807, 2.05) is 6.07 Å². The predicted octanol–water partition coefficient (Wildman–Crippen LogP) is 1.75. The Hall–Kier alpha value is -2.74. The van der Waals surface area contributed by atoms with E-state index < -0.39 is 0 Å². The molecular formula is C14H11N3O2. The van der Waals surface area contributed by atoms with Gasteiger partial charge in [0.15, 0.2) is 11.6 Å². The number of ketones is 2. The monoisotopic (exact) mass is 253 g/mol. The van der Waals surface area contributed by atoms with Gasteiger partial charge >= 0.3 is 0 Å². The molecule has 5 nitrogen and oxygen atoms in total. The summed E-state index contributed by atoms with van der Waals surface area (Å²) >= 11 is 0. The van der Waals surface area contributed by atoms with E-state index in [1.165, 1.54) is 12.3 Å². The highest BCUT2D eigenvalue weighted by Crippen LogP contribution is 2.09. The van der Waals surface area contributed by atoms with Crippen molar-refractivity contribution in [1.29, 1.82) is 5.26 Å². The van der Waals surface area contributed by atoms with E-state index in [0.29, 0.717) is 11.1 Å². The van der Waals surface area contributed by atoms with E-state index in [9.17, 15) is 9.59 Å². The Bertz CT molecular complexity index is 680. The summed E-state index contributed by atoms with van der Waals surface area (Å²) in [5.74, 6) is -0.394. The summed E-state index contributed by atoms with van der Waals surface area (Å²) < 4.78 is 1.57. The first-order valence-electron chi connectivity index (χ1n) is 5.65. The fourth-order valence-corrected chi connectivity index (χ4v) is 1.72. The van der Waals surface area contributed by atoms with Crippen molar-refractivity contribution >= 4 is 11.6 Å². The molecule has 0 atom stereocenters. The van der Waals surface area contributed by atoms with Crippen LogP contribution in [0.25, 0.3) is 0 Å². The summed E-state index contributed by atoms with van der Waals surface area (Å²) in [6.07, 6.45) is 2.90. The van der Waals surface area contributed by atoms with Gasteiger partial charge in [0.1, 0.15) is 0 Å². The van der Waals surface area contributed by atoms with Gasteiger partial charge in [-0.1, -0.05) is 12.1 Å². The zero-order valence-electron chi connectivity index (χ0n) is 10.3. The van der Waals surface area contributed by atoms with E-state index >= 15 is 0 Å². The molecule has 2 rings (SSSR count). The van der Waals surface area contributed by atoms with Gasteiger partial charge in [0.25, 0.3) is 0 Å². The van der Waals surface area contributed by atoms with Crippen LogP contribution in [0.5, 0.6) is 0 Å². The van der Waals surface area contributed by atoms with Crippen LogP contribution in [0.1, 0.15) is 33.0 Å². The van der Waals surface area contributed by atoms with Crippen molar-refractivity contribution in [2.45, 2.75) is 6.42 Å². The Morgan fingerprint density at radius 2 is 2.16 bits per heavy atom. The van der Waals surface area contributed by atoms with E-state index in [-0.39, 0.29) is 23.8 Å². The van der Waals surface area contributed by atoms with Gasteiger partial charge < -0.3 is 4.57 Å². The number of hydrogen-bond acceptors (Lipinski definition) is 4. The molecule has 94 valence electrons. The van der Waals surface area contributed by atoms with Crippen molar-refractivity contribution in [3.63, 3.8) is 0 Å². The summed E-state index contributed by atoms with van der Waals surface area (Å²) in [6.45, 7) is 0. The fourth-order valence-electron chi connectivity index (χ4n) is 1.72. The molecule has 0 aliphatic rings. The first-order chi connectivity index (χ1) is 9.11. The number of rotatable bonds is 4. The number of aryl methyl sites for hydroxylation is 1. The number of Topliss-reactive ketones (excluding diaryl/α,β-unsaturated/α-hetero) is 2. The van der Waals surface area contributed by atoms with Gasteiger partial charge in [-0.25, -0.2) is 4.98 Å². The number of nitriles is 1. The lowest BCUT2D eigenvalue weighted by Gasteiger charge is -2.02. The average molecular weight is 253 g/mol. The molecule has 0 unspecified atom stereocenters. The summed E-state index contributed by atoms with van der Waals surface area (Å²) in [4.78, 5) is 27.8. The number of carbonyl (C=O) groups is 2. The van der Waals surface area contributed by atoms with E-state index in [4.69, 9.17) is 5.26 Å². The summed E-state index contributed by atoms with van der Waals surface area (Å²) in [5.41, 5.74) is 0.761. The van der Waals surface area contributed by atoms with Crippen molar-refractivity contribution in [1.82, 2.24) is 9.55 Å². The molecule has 19 heavy (non-hydrogen) atoms. The molecule has 0 saturated carbocycles. The third kappa shape index (κ3) is 2.75. The van der Waals surface area contributed by atoms with Gasteiger partial charge in [0.2, 0.25) is 5.78 Å². The second kappa shape index (κ2) is 5.27. The number of benzene rings is 1. The lowest BCUT2D eigenvalue weighted by Crippen LogP contribution is -2.13. The van der Waals surface area contributed by atoms with Crippen LogP contribution in [0.2, 0.25) is 0 Å². The standard InChI is InChI=1S/C14H11N3O2/c1-17-6-5-16-14(17)13(19)8-12(18)11-4-2-3-10(7-11)9-15/h2-7H,8H2,1H3. The molecular weight excluding hydrogens is 242 g/mol. The zero-order chi connectivity index (χ0) is 13.8. The van der Waals surface area contributed by atoms with Gasteiger partial charge in [-0.2, -0.15) is 5.26 Å². The van der Waals surface area contributed by atoms with Gasteiger partial charge in [0, 0.05) is 25.0 Å². The lowest BCUT2D eigenvalue weighted by atomic mass is 10.0. The Morgan fingerprint density at radius 1 is 1.37 bits per heavy atom. The normalized spacial score (nSPS) is 9.89. The third-order valence-corrected chi connectivity index (χ3v) is 2.71. The minimum absolute atomic E-state index is 0.250. The molecule has 0 fully saturated rings. The first-order valence-corrected chi connectivity index (χ1v) is 5.65. The third-order valence-electron chi connectivity index (χ3n) is 2.71. The number of aromatic nitrogens is 2. The van der Waals surface area contributed by atoms with Crippen molar-refractivity contribution in [3.8, 4) is 6.07 Å². The van der Waals surface area contributed by atoms with Crippen molar-refractivity contribution < 1.29 is 9.59 Å². The largest absolute Gasteiger partial charge is 0.332 e. The van der Waals surface area contributed by atoms with Crippen LogP contribution >= 0.6 is 0 Å². The Morgan fingerprint density at radius 3 is 2.79 bits per heavy atom. The van der Waals surface area contributed by atoms with E-state index in [0.717, 1.165) is 0 Å². The molecule has 5 heteroatoms. The molecule has 0 N–H and O–H groups in total. The van der Waals surface area contributed by atoms with Gasteiger partial charge in [-0.3, -0.25) is 9.59 Å². The Labute approximate surface area is 110 Å². The van der Waals surface area contributed by atoms with Crippen LogP contribution < -0.4 is 0 Å². The van der Waals surface area contributed by atoms with Crippen molar-refractivity contribution in [3.05, 3.63) is 53.6 Å². The molecule has 1 aromatic carbocycles. The second-order valence-corrected chi connectivity index (χ2v) is 4.08. The van der Waals surface area contributed by atoms with Crippen LogP contribution in [0.3, 0.4) is 0 Å². The van der Waals surface area contributed by atoms with Crippen LogP contribution in [-0.4, -0.2) is 21.1 Å². The molecule has 1 heterocycles. The Balaban J connectivity index is 2.16. The minimum atomic E-state index is -0.333. The van der Waals surface area contributed by atoms with Gasteiger partial charge in [0.05, 0.1) is 18.1 Å². The number of hydrogen-bond donors (Lipinski definition) is 0. The van der Waals surface area contributed by atoms with Crippen molar-refractivity contribution in [2.75, 3.05) is 0 Å². The molecule has 0 radical (unpaired) electrons. The van der Waals surface area contributed by atoms with Crippen LogP contribution in [0, 0.1) is 11.3 Å². The predicted molar refractivity (Wildman–Crippen MR) is 67.6 cm³/mol. The quantitative estimate of drug-likeness (QED) is 0.614. The maximum atomic E-state index is 12.0. The lowest BCUT2D eigenvalue weighted by molar-refractivity contribution is 0.0886. The topological polar surface area (TPSA) is 75.8 Å². The molecule has 0 spiro atoms. The van der Waals surface area contributed by atoms with Crippen LogP contribution in [-0.2, 0) is 7.05 Å². The molecule has 0 bridgehead atoms. The SMILES string of the molecule is Cn1ccnc1C(=O)CC(=O)c1cccc(C#N)c1. The zero-order valence-corrected chi connectivity index (χ0v) is 10.3. The maximum Gasteiger partial charge on any atom is 0.205 e. The smallest absolute Gasteiger partial charge is 0.205 e. The molecule has 2 aromatic rings. The van der Waals surface area contributed by atoms with Crippen molar-refractivity contribution in [2.24, 2.45) is 7.05 Å². The van der Waals surface area contributed by atoms with Crippen LogP contribution in [0.15, 0.2) is 36.7 Å². The highest BCUT2D eigenvalue weighted by Gasteiger charge is 2.17. The molecule has 0 aliphatic heterocycles. The second-order valence-electron chi connectivity index (χ2n) is 4.08. The molecule has 0 aliphatic carbocycles. The first kappa shape index (κ1) is 12.7. The summed E-state index contributed by atoms with van der Waals surface area (Å²) in [7, 11) is 1.70. The fraction of sp³-hybridized carbons (Fsp3) is 0.143. The maximum absolute atomic E-state index is 12.0. The average Bonchev–Trinajstić information content (AvgIpc) is 2.85.